The highest BCUT2D eigenvalue weighted by atomic mass is 35.5. The zero-order chi connectivity index (χ0) is 20.1. The van der Waals surface area contributed by atoms with E-state index >= 15 is 0 Å². The molecule has 150 valence electrons. The van der Waals surface area contributed by atoms with Gasteiger partial charge in [-0.3, -0.25) is 4.79 Å². The first-order valence-corrected chi connectivity index (χ1v) is 10.1. The lowest BCUT2D eigenvalue weighted by Gasteiger charge is -2.36. The number of quaternary nitrogens is 1. The number of hydrogen-bond acceptors (Lipinski definition) is 3. The summed E-state index contributed by atoms with van der Waals surface area (Å²) in [6.07, 6.45) is 0. The number of para-hydroxylation sites is 2. The molecule has 1 saturated heterocycles. The zero-order valence-electron chi connectivity index (χ0n) is 16.3. The molecule has 2 aromatic carbocycles. The van der Waals surface area contributed by atoms with Gasteiger partial charge in [0.15, 0.2) is 6.54 Å². The van der Waals surface area contributed by atoms with Crippen LogP contribution in [0.2, 0.25) is 10.0 Å². The van der Waals surface area contributed by atoms with Crippen LogP contribution in [0.5, 0.6) is 5.75 Å². The number of hydrogen-bond donors (Lipinski definition) is 1. The fourth-order valence-electron chi connectivity index (χ4n) is 3.53. The Balaban J connectivity index is 1.53. The van der Waals surface area contributed by atoms with E-state index in [0.29, 0.717) is 36.2 Å². The van der Waals surface area contributed by atoms with Crippen molar-refractivity contribution < 1.29 is 14.4 Å². The number of amides is 1. The summed E-state index contributed by atoms with van der Waals surface area (Å²) in [6, 6.07) is 13.6. The molecular formula is C21H26Cl2N3O2+. The van der Waals surface area contributed by atoms with Crippen molar-refractivity contribution in [2.45, 2.75) is 6.54 Å². The smallest absolute Gasteiger partial charge is 0.277 e. The van der Waals surface area contributed by atoms with Gasteiger partial charge in [-0.1, -0.05) is 47.5 Å². The van der Waals surface area contributed by atoms with Crippen LogP contribution in [0.4, 0.5) is 5.69 Å². The predicted octanol–water partition coefficient (Wildman–Crippen LogP) is 2.37. The molecule has 1 amide bonds. The van der Waals surface area contributed by atoms with Gasteiger partial charge in [-0.25, -0.2) is 0 Å². The Morgan fingerprint density at radius 3 is 2.50 bits per heavy atom. The molecule has 1 fully saturated rings. The number of anilines is 1. The van der Waals surface area contributed by atoms with Gasteiger partial charge in [-0.2, -0.15) is 0 Å². The van der Waals surface area contributed by atoms with E-state index in [1.54, 1.807) is 13.2 Å². The summed E-state index contributed by atoms with van der Waals surface area (Å²) >= 11 is 12.3. The van der Waals surface area contributed by atoms with Gasteiger partial charge in [0.25, 0.3) is 5.91 Å². The van der Waals surface area contributed by atoms with Crippen LogP contribution in [-0.4, -0.2) is 57.7 Å². The van der Waals surface area contributed by atoms with Crippen LogP contribution >= 0.6 is 23.2 Å². The first-order valence-electron chi connectivity index (χ1n) is 9.39. The summed E-state index contributed by atoms with van der Waals surface area (Å²) in [5, 5.41) is 1.12. The average Bonchev–Trinajstić information content (AvgIpc) is 2.71. The lowest BCUT2D eigenvalue weighted by molar-refractivity contribution is -0.885. The summed E-state index contributed by atoms with van der Waals surface area (Å²) in [7, 11) is 3.68. The molecule has 1 heterocycles. The van der Waals surface area contributed by atoms with Crippen molar-refractivity contribution in [2.75, 3.05) is 51.8 Å². The van der Waals surface area contributed by atoms with Gasteiger partial charge in [0.1, 0.15) is 12.3 Å². The minimum Gasteiger partial charge on any atom is -0.495 e. The predicted molar refractivity (Wildman–Crippen MR) is 114 cm³/mol. The molecule has 2 aromatic rings. The van der Waals surface area contributed by atoms with Crippen LogP contribution in [0.25, 0.3) is 0 Å². The lowest BCUT2D eigenvalue weighted by Crippen LogP contribution is -3.09. The van der Waals surface area contributed by atoms with E-state index in [4.69, 9.17) is 27.9 Å². The van der Waals surface area contributed by atoms with Crippen LogP contribution < -0.4 is 14.5 Å². The summed E-state index contributed by atoms with van der Waals surface area (Å²) in [5.41, 5.74) is 2.04. The second kappa shape index (κ2) is 9.50. The monoisotopic (exact) mass is 422 g/mol. The molecule has 0 saturated carbocycles. The van der Waals surface area contributed by atoms with Gasteiger partial charge in [-0.05, 0) is 18.2 Å². The SMILES string of the molecule is COc1ccccc1N1CCN(C(=O)C[NH+](C)Cc2cccc(Cl)c2Cl)CC1. The number of methoxy groups -OCH3 is 1. The molecule has 1 atom stereocenters. The van der Waals surface area contributed by atoms with E-state index < -0.39 is 0 Å². The summed E-state index contributed by atoms with van der Waals surface area (Å²) in [4.78, 5) is 18.0. The second-order valence-corrected chi connectivity index (χ2v) is 7.85. The number of piperazine rings is 1. The average molecular weight is 423 g/mol. The maximum Gasteiger partial charge on any atom is 0.277 e. The van der Waals surface area contributed by atoms with Gasteiger partial charge >= 0.3 is 0 Å². The Morgan fingerprint density at radius 1 is 1.07 bits per heavy atom. The maximum absolute atomic E-state index is 12.7. The Morgan fingerprint density at radius 2 is 1.79 bits per heavy atom. The van der Waals surface area contributed by atoms with Crippen LogP contribution in [0.15, 0.2) is 42.5 Å². The number of carbonyl (C=O) groups is 1. The molecule has 1 N–H and O–H groups in total. The summed E-state index contributed by atoms with van der Waals surface area (Å²) in [5.74, 6) is 1.03. The third-order valence-electron chi connectivity index (χ3n) is 5.04. The van der Waals surface area contributed by atoms with E-state index in [9.17, 15) is 4.79 Å². The number of rotatable bonds is 6. The molecule has 0 aliphatic carbocycles. The van der Waals surface area contributed by atoms with Crippen molar-refractivity contribution in [1.29, 1.82) is 0 Å². The standard InChI is InChI=1S/C21H25Cl2N3O2/c1-24(14-16-6-5-7-17(22)21(16)23)15-20(27)26-12-10-25(11-13-26)18-8-3-4-9-19(18)28-2/h3-9H,10-15H2,1-2H3/p+1. The third kappa shape index (κ3) is 4.90. The topological polar surface area (TPSA) is 37.2 Å². The molecule has 5 nitrogen and oxygen atoms in total. The van der Waals surface area contributed by atoms with Crippen molar-refractivity contribution in [3.63, 3.8) is 0 Å². The molecule has 0 radical (unpaired) electrons. The van der Waals surface area contributed by atoms with Crippen molar-refractivity contribution >= 4 is 34.8 Å². The molecule has 1 aliphatic heterocycles. The van der Waals surface area contributed by atoms with Crippen LogP contribution in [-0.2, 0) is 11.3 Å². The second-order valence-electron chi connectivity index (χ2n) is 7.06. The van der Waals surface area contributed by atoms with Crippen LogP contribution in [0, 0.1) is 0 Å². The molecule has 0 spiro atoms. The molecule has 28 heavy (non-hydrogen) atoms. The highest BCUT2D eigenvalue weighted by Gasteiger charge is 2.25. The van der Waals surface area contributed by atoms with Gasteiger partial charge < -0.3 is 19.4 Å². The minimum atomic E-state index is 0.162. The maximum atomic E-state index is 12.7. The van der Waals surface area contributed by atoms with Crippen molar-refractivity contribution in [3.05, 3.63) is 58.1 Å². The van der Waals surface area contributed by atoms with Crippen LogP contribution in [0.3, 0.4) is 0 Å². The van der Waals surface area contributed by atoms with Crippen molar-refractivity contribution in [1.82, 2.24) is 4.90 Å². The molecule has 3 rings (SSSR count). The van der Waals surface area contributed by atoms with Gasteiger partial charge in [-0.15, -0.1) is 0 Å². The largest absolute Gasteiger partial charge is 0.495 e. The number of likely N-dealkylation sites (N-methyl/N-ethyl adjacent to an activating group) is 1. The van der Waals surface area contributed by atoms with E-state index in [1.165, 1.54) is 0 Å². The quantitative estimate of drug-likeness (QED) is 0.776. The first kappa shape index (κ1) is 20.8. The molecular weight excluding hydrogens is 397 g/mol. The molecule has 1 aliphatic rings. The Bertz CT molecular complexity index is 823. The van der Waals surface area contributed by atoms with Crippen molar-refractivity contribution in [3.8, 4) is 5.75 Å². The van der Waals surface area contributed by atoms with E-state index in [-0.39, 0.29) is 5.91 Å². The number of carbonyl (C=O) groups excluding carboxylic acids is 1. The molecule has 0 bridgehead atoms. The normalized spacial score (nSPS) is 15.4. The Hall–Kier alpha value is -1.95. The first-order chi connectivity index (χ1) is 13.5. The van der Waals surface area contributed by atoms with Gasteiger partial charge in [0.05, 0.1) is 29.9 Å². The number of ether oxygens (including phenoxy) is 1. The van der Waals surface area contributed by atoms with Gasteiger partial charge in [0, 0.05) is 31.7 Å². The van der Waals surface area contributed by atoms with Crippen molar-refractivity contribution in [2.24, 2.45) is 0 Å². The molecule has 7 heteroatoms. The number of nitrogens with one attached hydrogen (secondary N) is 1. The summed E-state index contributed by atoms with van der Waals surface area (Å²) in [6.45, 7) is 4.10. The molecule has 1 unspecified atom stereocenters. The lowest BCUT2D eigenvalue weighted by atomic mass is 10.2. The number of benzene rings is 2. The number of halogens is 2. The molecule has 0 aromatic heterocycles. The number of nitrogens with zero attached hydrogens (tertiary/aromatic N) is 2. The fourth-order valence-corrected chi connectivity index (χ4v) is 3.92. The van der Waals surface area contributed by atoms with E-state index in [1.807, 2.05) is 42.3 Å². The Labute approximate surface area is 176 Å². The summed E-state index contributed by atoms with van der Waals surface area (Å²) < 4.78 is 5.45. The fraction of sp³-hybridized carbons (Fsp3) is 0.381. The highest BCUT2D eigenvalue weighted by molar-refractivity contribution is 6.42. The van der Waals surface area contributed by atoms with E-state index in [0.717, 1.165) is 35.0 Å². The zero-order valence-corrected chi connectivity index (χ0v) is 17.8. The van der Waals surface area contributed by atoms with E-state index in [2.05, 4.69) is 11.0 Å². The highest BCUT2D eigenvalue weighted by Crippen LogP contribution is 2.28. The Kier molecular flexibility index (Phi) is 7.05. The van der Waals surface area contributed by atoms with Crippen LogP contribution in [0.1, 0.15) is 5.56 Å². The minimum absolute atomic E-state index is 0.162. The third-order valence-corrected chi connectivity index (χ3v) is 5.89. The van der Waals surface area contributed by atoms with Gasteiger partial charge in [0.2, 0.25) is 0 Å².